The lowest BCUT2D eigenvalue weighted by Gasteiger charge is -2.31. The van der Waals surface area contributed by atoms with Crippen LogP contribution in [0.3, 0.4) is 0 Å². The first-order valence-corrected chi connectivity index (χ1v) is 29.5. The van der Waals surface area contributed by atoms with E-state index in [0.717, 1.165) is 113 Å². The van der Waals surface area contributed by atoms with E-state index in [1.807, 2.05) is 92.7 Å². The Bertz CT molecular complexity index is 4150. The van der Waals surface area contributed by atoms with Gasteiger partial charge in [0.25, 0.3) is 0 Å². The summed E-state index contributed by atoms with van der Waals surface area (Å²) in [6.45, 7) is 9.59. The van der Waals surface area contributed by atoms with Gasteiger partial charge in [0.15, 0.2) is 0 Å². The maximum Gasteiger partial charge on any atom is 0.519 e. The summed E-state index contributed by atoms with van der Waals surface area (Å²) in [5, 5.41) is 0. The van der Waals surface area contributed by atoms with Crippen molar-refractivity contribution in [2.24, 2.45) is 0 Å². The number of esters is 1. The Morgan fingerprint density at radius 2 is 0.727 bits per heavy atom. The number of rotatable bonds is 19. The van der Waals surface area contributed by atoms with E-state index in [0.29, 0.717) is 17.2 Å². The van der Waals surface area contributed by atoms with Gasteiger partial charge in [-0.15, -0.1) is 0 Å². The van der Waals surface area contributed by atoms with Crippen LogP contribution in [0.15, 0.2) is 279 Å². The monoisotopic (exact) mass is 1150 g/mol. The Balaban J connectivity index is 0.896. The summed E-state index contributed by atoms with van der Waals surface area (Å²) in [7, 11) is 1.68. The zero-order valence-corrected chi connectivity index (χ0v) is 50.3. The maximum atomic E-state index is 13.6. The van der Waals surface area contributed by atoms with E-state index in [9.17, 15) is 9.59 Å². The fourth-order valence-electron chi connectivity index (χ4n) is 11.1. The molecule has 0 spiro atoms. The van der Waals surface area contributed by atoms with Crippen molar-refractivity contribution in [2.45, 2.75) is 46.5 Å². The Morgan fingerprint density at radius 3 is 1.06 bits per heavy atom. The molecule has 0 aliphatic carbocycles. The molecule has 434 valence electrons. The zero-order chi connectivity index (χ0) is 61.0. The van der Waals surface area contributed by atoms with Crippen LogP contribution < -0.4 is 28.7 Å². The van der Waals surface area contributed by atoms with Crippen LogP contribution in [0.4, 0.5) is 38.9 Å². The molecule has 0 aromatic heterocycles. The highest BCUT2D eigenvalue weighted by molar-refractivity contribution is 5.95. The van der Waals surface area contributed by atoms with Gasteiger partial charge in [0, 0.05) is 46.5 Å². The third kappa shape index (κ3) is 13.6. The number of carbonyl (C=O) groups excluding carboxylic acids is 2. The van der Waals surface area contributed by atoms with Crippen LogP contribution in [0.25, 0.3) is 23.3 Å². The molecule has 11 aromatic rings. The molecular weight excluding hydrogens is 1080 g/mol. The number of aryl methyl sites for hydroxylation is 2. The second kappa shape index (κ2) is 27.0. The molecule has 8 heteroatoms. The number of ether oxygens (including phenoxy) is 4. The number of nitrogens with zero attached hydrogens (tertiary/aromatic N) is 2. The molecule has 0 radical (unpaired) electrons. The SMILES string of the molecule is CCC(C)(c1ccc(OC(C)=O)c(C)c1)c1ccc(OC(=O)Oc2ccc(C(=Cc3ccc(N(c4ccccc4)c4ccccc4)cc3)c3ccc(C(=Cc4ccc(N(c5ccccc5)c5ccccc5)cc4)c4ccc(OC)cc4)cc3)cc2)c(C)c1. The Hall–Kier alpha value is -11.0. The topological polar surface area (TPSA) is 77.5 Å². The first-order chi connectivity index (χ1) is 42.9. The van der Waals surface area contributed by atoms with Crippen molar-refractivity contribution in [3.8, 4) is 23.0 Å². The summed E-state index contributed by atoms with van der Waals surface area (Å²) in [5.41, 5.74) is 17.8. The molecule has 0 aliphatic rings. The molecule has 0 saturated carbocycles. The predicted molar refractivity (Wildman–Crippen MR) is 359 cm³/mol. The molecule has 8 nitrogen and oxygen atoms in total. The van der Waals surface area contributed by atoms with Crippen LogP contribution in [0.5, 0.6) is 23.0 Å². The molecule has 0 aliphatic heterocycles. The van der Waals surface area contributed by atoms with Gasteiger partial charge < -0.3 is 28.7 Å². The highest BCUT2D eigenvalue weighted by Crippen LogP contribution is 2.41. The third-order valence-electron chi connectivity index (χ3n) is 16.0. The Labute approximate surface area is 516 Å². The van der Waals surface area contributed by atoms with Crippen LogP contribution >= 0.6 is 0 Å². The Kier molecular flexibility index (Phi) is 18.0. The normalized spacial score (nSPS) is 12.1. The van der Waals surface area contributed by atoms with Crippen LogP contribution in [-0.2, 0) is 10.2 Å². The van der Waals surface area contributed by atoms with Crippen molar-refractivity contribution in [3.05, 3.63) is 335 Å². The quantitative estimate of drug-likeness (QED) is 0.0343. The van der Waals surface area contributed by atoms with Crippen molar-refractivity contribution in [1.29, 1.82) is 0 Å². The Morgan fingerprint density at radius 1 is 0.398 bits per heavy atom. The van der Waals surface area contributed by atoms with Crippen LogP contribution in [0.2, 0.25) is 0 Å². The first-order valence-electron chi connectivity index (χ1n) is 29.5. The van der Waals surface area contributed by atoms with Gasteiger partial charge in [-0.05, 0) is 208 Å². The lowest BCUT2D eigenvalue weighted by molar-refractivity contribution is -0.131. The van der Waals surface area contributed by atoms with Gasteiger partial charge in [0.2, 0.25) is 0 Å². The highest BCUT2D eigenvalue weighted by Gasteiger charge is 2.29. The van der Waals surface area contributed by atoms with E-state index in [-0.39, 0.29) is 11.4 Å². The lowest BCUT2D eigenvalue weighted by Crippen LogP contribution is -2.23. The van der Waals surface area contributed by atoms with Crippen molar-refractivity contribution >= 4 is 69.5 Å². The molecule has 0 bridgehead atoms. The molecule has 88 heavy (non-hydrogen) atoms. The maximum absolute atomic E-state index is 13.6. The predicted octanol–water partition coefficient (Wildman–Crippen LogP) is 20.6. The summed E-state index contributed by atoms with van der Waals surface area (Å²) in [6.07, 6.45) is 4.40. The molecule has 0 fully saturated rings. The van der Waals surface area contributed by atoms with E-state index in [4.69, 9.17) is 18.9 Å². The average Bonchev–Trinajstić information content (AvgIpc) is 3.23. The van der Waals surface area contributed by atoms with Crippen molar-refractivity contribution in [1.82, 2.24) is 0 Å². The molecule has 1 atom stereocenters. The van der Waals surface area contributed by atoms with Gasteiger partial charge >= 0.3 is 12.1 Å². The lowest BCUT2D eigenvalue weighted by atomic mass is 9.73. The number of hydrogen-bond donors (Lipinski definition) is 0. The molecule has 0 amide bonds. The largest absolute Gasteiger partial charge is 0.519 e. The molecule has 11 rings (SSSR count). The highest BCUT2D eigenvalue weighted by atomic mass is 16.7. The van der Waals surface area contributed by atoms with Crippen molar-refractivity contribution in [2.75, 3.05) is 16.9 Å². The summed E-state index contributed by atoms with van der Waals surface area (Å²) in [6, 6.07) is 95.1. The van der Waals surface area contributed by atoms with Crippen LogP contribution in [0, 0.1) is 13.8 Å². The number of benzene rings is 11. The first kappa shape index (κ1) is 58.8. The fourth-order valence-corrected chi connectivity index (χ4v) is 11.1. The number of carbonyl (C=O) groups is 2. The zero-order valence-electron chi connectivity index (χ0n) is 50.3. The van der Waals surface area contributed by atoms with E-state index in [1.165, 1.54) is 6.92 Å². The minimum atomic E-state index is -0.844. The van der Waals surface area contributed by atoms with Gasteiger partial charge in [0.1, 0.15) is 23.0 Å². The van der Waals surface area contributed by atoms with Crippen molar-refractivity contribution in [3.63, 3.8) is 0 Å². The summed E-state index contributed by atoms with van der Waals surface area (Å²) >= 11 is 0. The molecule has 1 unspecified atom stereocenters. The van der Waals surface area contributed by atoms with Gasteiger partial charge in [0.05, 0.1) is 7.11 Å². The number of hydrogen-bond acceptors (Lipinski definition) is 8. The number of anilines is 6. The molecule has 0 N–H and O–H groups in total. The van der Waals surface area contributed by atoms with E-state index in [1.54, 1.807) is 19.2 Å². The second-order valence-electron chi connectivity index (χ2n) is 21.8. The summed E-state index contributed by atoms with van der Waals surface area (Å²) in [5.74, 6) is 1.70. The van der Waals surface area contributed by atoms with Crippen LogP contribution in [-0.4, -0.2) is 19.2 Å². The molecular formula is C80H68N2O6. The van der Waals surface area contributed by atoms with Gasteiger partial charge in [-0.25, -0.2) is 4.79 Å². The summed E-state index contributed by atoms with van der Waals surface area (Å²) < 4.78 is 22.7. The average molecular weight is 1150 g/mol. The molecule has 0 saturated heterocycles. The molecule has 11 aromatic carbocycles. The number of para-hydroxylation sites is 4. The van der Waals surface area contributed by atoms with Gasteiger partial charge in [-0.3, -0.25) is 4.79 Å². The molecule has 0 heterocycles. The van der Waals surface area contributed by atoms with Gasteiger partial charge in [-0.2, -0.15) is 0 Å². The minimum absolute atomic E-state index is 0.338. The van der Waals surface area contributed by atoms with Crippen molar-refractivity contribution < 1.29 is 28.5 Å². The fraction of sp³-hybridized carbons (Fsp3) is 0.100. The van der Waals surface area contributed by atoms with Gasteiger partial charge in [-0.1, -0.05) is 184 Å². The summed E-state index contributed by atoms with van der Waals surface area (Å²) in [4.78, 5) is 29.8. The second-order valence-corrected chi connectivity index (χ2v) is 21.8. The van der Waals surface area contributed by atoms with E-state index in [2.05, 4.69) is 224 Å². The standard InChI is InChI=1S/C80H68N2O6/c1-7-80(5,65-40-50-77(56(2)52-65)86-58(4)83)66-41-51-78(57(3)53-66)88-79(84)87-74-48-38-64(39-49-74)76(55-60-30-44-72(45-31-60)82(69-24-16-10-17-25-69)70-26-18-11-19-27-70)62-34-32-61(33-35-62)75(63-36-46-73(85-6)47-37-63)54-59-28-42-71(43-29-59)81(67-20-12-8-13-21-67)68-22-14-9-15-23-68/h8-55H,7H2,1-6H3. The third-order valence-corrected chi connectivity index (χ3v) is 16.0. The van der Waals surface area contributed by atoms with E-state index < -0.39 is 6.16 Å². The van der Waals surface area contributed by atoms with Crippen LogP contribution in [0.1, 0.15) is 82.8 Å². The van der Waals surface area contributed by atoms with E-state index >= 15 is 0 Å². The smallest absolute Gasteiger partial charge is 0.497 e. The minimum Gasteiger partial charge on any atom is -0.497 e. The number of methoxy groups -OCH3 is 1.